The third-order valence-electron chi connectivity index (χ3n) is 3.80. The molecular weight excluding hydrogens is 320 g/mol. The summed E-state index contributed by atoms with van der Waals surface area (Å²) in [6, 6.07) is 6.02. The van der Waals surface area contributed by atoms with Gasteiger partial charge >= 0.3 is 0 Å². The fourth-order valence-electron chi connectivity index (χ4n) is 2.60. The van der Waals surface area contributed by atoms with E-state index >= 15 is 0 Å². The van der Waals surface area contributed by atoms with Crippen LogP contribution in [0.2, 0.25) is 0 Å². The molecule has 1 aromatic carbocycles. The van der Waals surface area contributed by atoms with Crippen LogP contribution in [-0.4, -0.2) is 27.8 Å². The zero-order valence-corrected chi connectivity index (χ0v) is 13.4. The molecule has 1 saturated heterocycles. The number of piperidine rings is 1. The molecule has 0 spiro atoms. The molecule has 0 atom stereocenters. The lowest BCUT2D eigenvalue weighted by Gasteiger charge is -2.22. The van der Waals surface area contributed by atoms with E-state index in [1.165, 1.54) is 25.0 Å². The molecule has 1 aliphatic rings. The summed E-state index contributed by atoms with van der Waals surface area (Å²) in [5.41, 5.74) is 0.0500. The average molecular weight is 339 g/mol. The van der Waals surface area contributed by atoms with Crippen molar-refractivity contribution in [3.8, 4) is 11.5 Å². The molecule has 1 aromatic heterocycles. The van der Waals surface area contributed by atoms with Crippen molar-refractivity contribution in [2.45, 2.75) is 19.4 Å². The molecule has 1 N–H and O–H groups in total. The van der Waals surface area contributed by atoms with Crippen LogP contribution in [0.25, 0.3) is 0 Å². The van der Waals surface area contributed by atoms with E-state index in [4.69, 9.17) is 4.74 Å². The molecule has 124 valence electrons. The molecule has 2 aromatic rings. The van der Waals surface area contributed by atoms with E-state index in [0.717, 1.165) is 19.6 Å². The minimum Gasteiger partial charge on any atom is -0.454 e. The average Bonchev–Trinajstić information content (AvgIpc) is 2.96. The molecule has 0 saturated carbocycles. The van der Waals surface area contributed by atoms with Crippen molar-refractivity contribution in [3.05, 3.63) is 46.8 Å². The van der Waals surface area contributed by atoms with E-state index in [-0.39, 0.29) is 18.1 Å². The summed E-state index contributed by atoms with van der Waals surface area (Å²) in [5, 5.41) is 18.3. The highest BCUT2D eigenvalue weighted by Crippen LogP contribution is 2.24. The number of halogens is 1. The molecule has 23 heavy (non-hydrogen) atoms. The molecule has 7 nitrogen and oxygen atoms in total. The first-order valence-electron chi connectivity index (χ1n) is 7.36. The molecule has 0 bridgehead atoms. The van der Waals surface area contributed by atoms with Crippen molar-refractivity contribution in [2.24, 2.45) is 5.92 Å². The van der Waals surface area contributed by atoms with Crippen molar-refractivity contribution in [2.75, 3.05) is 13.1 Å². The topological polar surface area (TPSA) is 82.2 Å². The second-order valence-electron chi connectivity index (χ2n) is 5.44. The third kappa shape index (κ3) is 4.67. The van der Waals surface area contributed by atoms with Gasteiger partial charge in [0.25, 0.3) is 5.69 Å². The summed E-state index contributed by atoms with van der Waals surface area (Å²) in [6.07, 6.45) is 5.86. The van der Waals surface area contributed by atoms with Crippen LogP contribution in [0.3, 0.4) is 0 Å². The number of nitrogens with zero attached hydrogens (tertiary/aromatic N) is 3. The predicted molar refractivity (Wildman–Crippen MR) is 88.2 cm³/mol. The number of aromatic nitrogens is 2. The van der Waals surface area contributed by atoms with Crippen LogP contribution in [0.5, 0.6) is 11.5 Å². The van der Waals surface area contributed by atoms with Crippen molar-refractivity contribution in [3.63, 3.8) is 0 Å². The predicted octanol–water partition coefficient (Wildman–Crippen LogP) is 3.01. The Bertz CT molecular complexity index is 638. The highest BCUT2D eigenvalue weighted by molar-refractivity contribution is 5.85. The van der Waals surface area contributed by atoms with E-state index in [2.05, 4.69) is 10.4 Å². The Hall–Kier alpha value is -2.12. The van der Waals surface area contributed by atoms with Gasteiger partial charge in [0.2, 0.25) is 0 Å². The van der Waals surface area contributed by atoms with Crippen LogP contribution in [-0.2, 0) is 6.54 Å². The van der Waals surface area contributed by atoms with Crippen molar-refractivity contribution < 1.29 is 9.66 Å². The van der Waals surface area contributed by atoms with Gasteiger partial charge in [-0.05, 0) is 44.0 Å². The maximum atomic E-state index is 10.6. The van der Waals surface area contributed by atoms with Crippen LogP contribution in [0.4, 0.5) is 5.69 Å². The number of nitro benzene ring substituents is 1. The van der Waals surface area contributed by atoms with E-state index in [1.54, 1.807) is 18.3 Å². The maximum Gasteiger partial charge on any atom is 0.269 e. The van der Waals surface area contributed by atoms with Crippen molar-refractivity contribution in [1.82, 2.24) is 15.1 Å². The van der Waals surface area contributed by atoms with Crippen LogP contribution >= 0.6 is 12.4 Å². The highest BCUT2D eigenvalue weighted by Gasteiger charge is 2.14. The number of nitro groups is 1. The monoisotopic (exact) mass is 338 g/mol. The Balaban J connectivity index is 0.00000192. The number of hydrogen-bond acceptors (Lipinski definition) is 5. The Morgan fingerprint density at radius 1 is 1.26 bits per heavy atom. The third-order valence-corrected chi connectivity index (χ3v) is 3.80. The van der Waals surface area contributed by atoms with Crippen molar-refractivity contribution >= 4 is 18.1 Å². The lowest BCUT2D eigenvalue weighted by Crippen LogP contribution is -2.29. The van der Waals surface area contributed by atoms with Crippen LogP contribution < -0.4 is 10.1 Å². The number of benzene rings is 1. The largest absolute Gasteiger partial charge is 0.454 e. The fourth-order valence-corrected chi connectivity index (χ4v) is 2.60. The summed E-state index contributed by atoms with van der Waals surface area (Å²) >= 11 is 0. The molecule has 0 amide bonds. The first kappa shape index (κ1) is 17.2. The number of non-ortho nitro benzene ring substituents is 1. The summed E-state index contributed by atoms with van der Waals surface area (Å²) in [7, 11) is 0. The minimum atomic E-state index is -0.430. The lowest BCUT2D eigenvalue weighted by molar-refractivity contribution is -0.384. The fraction of sp³-hybridized carbons (Fsp3) is 0.400. The quantitative estimate of drug-likeness (QED) is 0.669. The van der Waals surface area contributed by atoms with Gasteiger partial charge < -0.3 is 10.1 Å². The summed E-state index contributed by atoms with van der Waals surface area (Å²) in [6.45, 7) is 3.03. The second kappa shape index (κ2) is 7.94. The molecule has 0 radical (unpaired) electrons. The Morgan fingerprint density at radius 2 is 1.96 bits per heavy atom. The normalized spacial score (nSPS) is 15.0. The van der Waals surface area contributed by atoms with Gasteiger partial charge in [-0.1, -0.05) is 0 Å². The molecule has 0 aliphatic carbocycles. The van der Waals surface area contributed by atoms with E-state index in [0.29, 0.717) is 17.4 Å². The smallest absolute Gasteiger partial charge is 0.269 e. The lowest BCUT2D eigenvalue weighted by atomic mass is 9.98. The zero-order chi connectivity index (χ0) is 15.4. The molecule has 3 rings (SSSR count). The van der Waals surface area contributed by atoms with Crippen LogP contribution in [0.15, 0.2) is 36.7 Å². The van der Waals surface area contributed by atoms with Crippen molar-refractivity contribution in [1.29, 1.82) is 0 Å². The molecular formula is C15H19ClN4O3. The van der Waals surface area contributed by atoms with Gasteiger partial charge in [0.05, 0.1) is 17.3 Å². The standard InChI is InChI=1S/C15H18N4O3.ClH/c20-19(21)13-1-3-14(4-2-13)22-15-9-17-18(11-15)10-12-5-7-16-8-6-12;/h1-4,9,11-12,16H,5-8,10H2;1H. The van der Waals surface area contributed by atoms with Gasteiger partial charge in [-0.3, -0.25) is 14.8 Å². The molecule has 1 fully saturated rings. The van der Waals surface area contributed by atoms with E-state index in [1.807, 2.05) is 10.9 Å². The molecule has 8 heteroatoms. The minimum absolute atomic E-state index is 0. The summed E-state index contributed by atoms with van der Waals surface area (Å²) < 4.78 is 7.56. The highest BCUT2D eigenvalue weighted by atomic mass is 35.5. The number of hydrogen-bond donors (Lipinski definition) is 1. The van der Waals surface area contributed by atoms with Gasteiger partial charge in [-0.25, -0.2) is 0 Å². The van der Waals surface area contributed by atoms with Gasteiger partial charge in [0.1, 0.15) is 5.75 Å². The molecule has 2 heterocycles. The molecule has 1 aliphatic heterocycles. The van der Waals surface area contributed by atoms with Crippen LogP contribution in [0.1, 0.15) is 12.8 Å². The Labute approximate surface area is 140 Å². The number of ether oxygens (including phenoxy) is 1. The SMILES string of the molecule is Cl.O=[N+]([O-])c1ccc(Oc2cnn(CC3CCNCC3)c2)cc1. The summed E-state index contributed by atoms with van der Waals surface area (Å²) in [5.74, 6) is 1.85. The van der Waals surface area contributed by atoms with Gasteiger partial charge in [-0.2, -0.15) is 5.10 Å². The number of rotatable bonds is 5. The van der Waals surface area contributed by atoms with Gasteiger partial charge in [0.15, 0.2) is 5.75 Å². The first-order valence-corrected chi connectivity index (χ1v) is 7.36. The van der Waals surface area contributed by atoms with E-state index in [9.17, 15) is 10.1 Å². The first-order chi connectivity index (χ1) is 10.7. The van der Waals surface area contributed by atoms with E-state index < -0.39 is 4.92 Å². The molecule has 0 unspecified atom stereocenters. The Kier molecular flexibility index (Phi) is 5.95. The van der Waals surface area contributed by atoms with Crippen LogP contribution in [0, 0.1) is 16.0 Å². The van der Waals surface area contributed by atoms with Gasteiger partial charge in [0, 0.05) is 18.7 Å². The summed E-state index contributed by atoms with van der Waals surface area (Å²) in [4.78, 5) is 10.2. The second-order valence-corrected chi connectivity index (χ2v) is 5.44. The number of nitrogens with one attached hydrogen (secondary N) is 1. The maximum absolute atomic E-state index is 10.6. The zero-order valence-electron chi connectivity index (χ0n) is 12.6. The van der Waals surface area contributed by atoms with Gasteiger partial charge in [-0.15, -0.1) is 12.4 Å². The Morgan fingerprint density at radius 3 is 2.61 bits per heavy atom.